The molecule has 2 fully saturated rings. The summed E-state index contributed by atoms with van der Waals surface area (Å²) in [4.78, 5) is 29.1. The quantitative estimate of drug-likeness (QED) is 0.834. The summed E-state index contributed by atoms with van der Waals surface area (Å²) in [6, 6.07) is 9.96. The second-order valence-electron chi connectivity index (χ2n) is 7.34. The fourth-order valence-electron chi connectivity index (χ4n) is 4.36. The van der Waals surface area contributed by atoms with Crippen molar-refractivity contribution in [3.8, 4) is 0 Å². The Hall–Kier alpha value is -2.63. The summed E-state index contributed by atoms with van der Waals surface area (Å²) in [6.45, 7) is 1.94. The Labute approximate surface area is 157 Å². The van der Waals surface area contributed by atoms with Crippen molar-refractivity contribution in [1.82, 2.24) is 9.80 Å². The number of furan rings is 1. The number of fused-ring (bicyclic) bond motifs is 1. The highest BCUT2D eigenvalue weighted by Crippen LogP contribution is 2.32. The topological polar surface area (TPSA) is 53.8 Å². The summed E-state index contributed by atoms with van der Waals surface area (Å²) in [6.07, 6.45) is 4.25. The average Bonchev–Trinajstić information content (AvgIpc) is 3.23. The predicted octanol–water partition coefficient (Wildman–Crippen LogP) is 3.11. The summed E-state index contributed by atoms with van der Waals surface area (Å²) in [5.74, 6) is 0.167. The van der Waals surface area contributed by atoms with Crippen LogP contribution in [0.25, 0.3) is 0 Å². The van der Waals surface area contributed by atoms with Crippen molar-refractivity contribution in [1.29, 1.82) is 0 Å². The van der Waals surface area contributed by atoms with E-state index in [1.165, 1.54) is 12.3 Å². The molecule has 2 aliphatic heterocycles. The molecule has 5 nitrogen and oxygen atoms in total. The van der Waals surface area contributed by atoms with Crippen molar-refractivity contribution in [3.63, 3.8) is 0 Å². The maximum atomic E-state index is 13.9. The maximum Gasteiger partial charge on any atom is 0.289 e. The first-order valence-corrected chi connectivity index (χ1v) is 9.49. The van der Waals surface area contributed by atoms with Gasteiger partial charge in [0.1, 0.15) is 5.82 Å². The number of hydrogen-bond donors (Lipinski definition) is 0. The Kier molecular flexibility index (Phi) is 4.97. The van der Waals surface area contributed by atoms with Crippen LogP contribution in [0.5, 0.6) is 0 Å². The molecule has 3 heterocycles. The standard InChI is InChI=1S/C21H23FN2O3/c22-17-7-2-1-5-15(17)13-20(25)24-10-3-6-16-14-23(11-9-18(16)24)21(26)19-8-4-12-27-19/h1-2,4-5,7-8,12,16,18H,3,6,9-11,13-14H2/t16-,18+/m1/s1. The van der Waals surface area contributed by atoms with Crippen molar-refractivity contribution in [2.75, 3.05) is 19.6 Å². The number of halogens is 1. The Morgan fingerprint density at radius 1 is 1.11 bits per heavy atom. The molecule has 0 spiro atoms. The maximum absolute atomic E-state index is 13.9. The molecule has 0 unspecified atom stereocenters. The van der Waals surface area contributed by atoms with E-state index in [2.05, 4.69) is 0 Å². The molecule has 1 aromatic carbocycles. The van der Waals surface area contributed by atoms with Gasteiger partial charge in [0.2, 0.25) is 5.91 Å². The third kappa shape index (κ3) is 3.61. The van der Waals surface area contributed by atoms with Gasteiger partial charge in [0.15, 0.2) is 5.76 Å². The zero-order chi connectivity index (χ0) is 18.8. The van der Waals surface area contributed by atoms with Crippen molar-refractivity contribution < 1.29 is 18.4 Å². The zero-order valence-electron chi connectivity index (χ0n) is 15.1. The SMILES string of the molecule is O=C(c1ccco1)N1CC[C@H]2[C@H](CCCN2C(=O)Cc2ccccc2F)C1. The largest absolute Gasteiger partial charge is 0.459 e. The van der Waals surface area contributed by atoms with Crippen molar-refractivity contribution >= 4 is 11.8 Å². The van der Waals surface area contributed by atoms with Gasteiger partial charge in [-0.25, -0.2) is 4.39 Å². The summed E-state index contributed by atoms with van der Waals surface area (Å²) < 4.78 is 19.1. The van der Waals surface area contributed by atoms with Gasteiger partial charge in [-0.15, -0.1) is 0 Å². The molecule has 4 rings (SSSR count). The molecule has 0 saturated carbocycles. The molecule has 2 atom stereocenters. The molecule has 142 valence electrons. The van der Waals surface area contributed by atoms with Crippen LogP contribution in [0.1, 0.15) is 35.4 Å². The Bertz CT molecular complexity index is 821. The van der Waals surface area contributed by atoms with Crippen LogP contribution in [0.15, 0.2) is 47.1 Å². The third-order valence-corrected chi connectivity index (χ3v) is 5.71. The monoisotopic (exact) mass is 370 g/mol. The van der Waals surface area contributed by atoms with Crippen LogP contribution >= 0.6 is 0 Å². The molecule has 0 bridgehead atoms. The first-order valence-electron chi connectivity index (χ1n) is 9.49. The van der Waals surface area contributed by atoms with E-state index in [9.17, 15) is 14.0 Å². The predicted molar refractivity (Wildman–Crippen MR) is 97.6 cm³/mol. The minimum Gasteiger partial charge on any atom is -0.459 e. The fourth-order valence-corrected chi connectivity index (χ4v) is 4.36. The van der Waals surface area contributed by atoms with Crippen LogP contribution in [0.3, 0.4) is 0 Å². The molecule has 0 aliphatic carbocycles. The molecule has 2 saturated heterocycles. The molecular formula is C21H23FN2O3. The molecule has 2 aromatic rings. The molecule has 2 amide bonds. The fraction of sp³-hybridized carbons (Fsp3) is 0.429. The van der Waals surface area contributed by atoms with Crippen LogP contribution < -0.4 is 0 Å². The molecular weight excluding hydrogens is 347 g/mol. The van der Waals surface area contributed by atoms with Crippen LogP contribution in [-0.4, -0.2) is 47.3 Å². The number of amides is 2. The molecule has 0 N–H and O–H groups in total. The minimum absolute atomic E-state index is 0.0272. The molecule has 27 heavy (non-hydrogen) atoms. The highest BCUT2D eigenvalue weighted by Gasteiger charge is 2.39. The van der Waals surface area contributed by atoms with Gasteiger partial charge >= 0.3 is 0 Å². The van der Waals surface area contributed by atoms with E-state index in [1.807, 2.05) is 9.80 Å². The average molecular weight is 370 g/mol. The second-order valence-corrected chi connectivity index (χ2v) is 7.34. The van der Waals surface area contributed by atoms with Gasteiger partial charge < -0.3 is 14.2 Å². The van der Waals surface area contributed by atoms with E-state index in [4.69, 9.17) is 4.42 Å². The molecule has 2 aliphatic rings. The number of nitrogens with zero attached hydrogens (tertiary/aromatic N) is 2. The number of carbonyl (C=O) groups excluding carboxylic acids is 2. The molecule has 1 aromatic heterocycles. The normalized spacial score (nSPS) is 22.4. The highest BCUT2D eigenvalue weighted by atomic mass is 19.1. The smallest absolute Gasteiger partial charge is 0.289 e. The van der Waals surface area contributed by atoms with Crippen molar-refractivity contribution in [2.45, 2.75) is 31.7 Å². The number of rotatable bonds is 3. The second kappa shape index (κ2) is 7.55. The van der Waals surface area contributed by atoms with Gasteiger partial charge in [-0.1, -0.05) is 18.2 Å². The number of piperidine rings is 2. The van der Waals surface area contributed by atoms with E-state index in [1.54, 1.807) is 30.3 Å². The Morgan fingerprint density at radius 2 is 1.96 bits per heavy atom. The van der Waals surface area contributed by atoms with E-state index in [0.29, 0.717) is 31.0 Å². The van der Waals surface area contributed by atoms with Gasteiger partial charge in [0.05, 0.1) is 12.7 Å². The van der Waals surface area contributed by atoms with Gasteiger partial charge in [-0.2, -0.15) is 0 Å². The van der Waals surface area contributed by atoms with Crippen LogP contribution in [0, 0.1) is 11.7 Å². The van der Waals surface area contributed by atoms with Crippen LogP contribution in [0.4, 0.5) is 4.39 Å². The number of hydrogen-bond acceptors (Lipinski definition) is 3. The number of benzene rings is 1. The lowest BCUT2D eigenvalue weighted by Crippen LogP contribution is -2.56. The van der Waals surface area contributed by atoms with E-state index in [0.717, 1.165) is 19.3 Å². The van der Waals surface area contributed by atoms with Gasteiger partial charge in [-0.3, -0.25) is 9.59 Å². The highest BCUT2D eigenvalue weighted by molar-refractivity contribution is 5.91. The third-order valence-electron chi connectivity index (χ3n) is 5.71. The first kappa shape index (κ1) is 17.8. The van der Waals surface area contributed by atoms with Gasteiger partial charge in [0, 0.05) is 25.7 Å². The lowest BCUT2D eigenvalue weighted by molar-refractivity contribution is -0.137. The number of carbonyl (C=O) groups is 2. The lowest BCUT2D eigenvalue weighted by Gasteiger charge is -2.47. The zero-order valence-corrected chi connectivity index (χ0v) is 15.1. The first-order chi connectivity index (χ1) is 13.1. The van der Waals surface area contributed by atoms with Gasteiger partial charge in [0.25, 0.3) is 5.91 Å². The van der Waals surface area contributed by atoms with E-state index >= 15 is 0 Å². The summed E-state index contributed by atoms with van der Waals surface area (Å²) in [5.41, 5.74) is 0.440. The summed E-state index contributed by atoms with van der Waals surface area (Å²) >= 11 is 0. The van der Waals surface area contributed by atoms with Crippen LogP contribution in [-0.2, 0) is 11.2 Å². The van der Waals surface area contributed by atoms with Crippen molar-refractivity contribution in [3.05, 3.63) is 59.8 Å². The Balaban J connectivity index is 1.43. The summed E-state index contributed by atoms with van der Waals surface area (Å²) in [5, 5.41) is 0. The lowest BCUT2D eigenvalue weighted by atomic mass is 9.83. The van der Waals surface area contributed by atoms with Gasteiger partial charge in [-0.05, 0) is 48.9 Å². The summed E-state index contributed by atoms with van der Waals surface area (Å²) in [7, 11) is 0. The van der Waals surface area contributed by atoms with E-state index < -0.39 is 0 Å². The minimum atomic E-state index is -0.335. The Morgan fingerprint density at radius 3 is 2.74 bits per heavy atom. The number of likely N-dealkylation sites (tertiary alicyclic amines) is 2. The van der Waals surface area contributed by atoms with E-state index in [-0.39, 0.29) is 36.0 Å². The molecule has 6 heteroatoms. The van der Waals surface area contributed by atoms with Crippen LogP contribution in [0.2, 0.25) is 0 Å². The molecule has 0 radical (unpaired) electrons. The van der Waals surface area contributed by atoms with Crippen molar-refractivity contribution in [2.24, 2.45) is 5.92 Å².